The Balaban J connectivity index is 4.29. The molecule has 0 aliphatic heterocycles. The van der Waals surface area contributed by atoms with E-state index in [-0.39, 0.29) is 11.7 Å². The molecule has 2 nitrogen and oxygen atoms in total. The molecule has 0 radical (unpaired) electrons. The molecule has 0 aromatic heterocycles. The Morgan fingerprint density at radius 2 is 1.92 bits per heavy atom. The van der Waals surface area contributed by atoms with Crippen molar-refractivity contribution in [3.05, 3.63) is 0 Å². The highest BCUT2D eigenvalue weighted by atomic mass is 16.1. The quantitative estimate of drug-likeness (QED) is 0.645. The maximum Gasteiger partial charge on any atom is 0.153 e. The summed E-state index contributed by atoms with van der Waals surface area (Å²) in [4.78, 5) is 11.5. The van der Waals surface area contributed by atoms with Crippen molar-refractivity contribution in [3.63, 3.8) is 0 Å². The highest BCUT2D eigenvalue weighted by molar-refractivity contribution is 5.85. The summed E-state index contributed by atoms with van der Waals surface area (Å²) in [5, 5.41) is 8.66. The standard InChI is InChI=1S/C10H17NO/c1-5-9(6-11)10(12)8(4)7(2)3/h7-9H,5H2,1-4H3. The van der Waals surface area contributed by atoms with Gasteiger partial charge in [-0.25, -0.2) is 0 Å². The van der Waals surface area contributed by atoms with Crippen LogP contribution in [-0.4, -0.2) is 5.78 Å². The topological polar surface area (TPSA) is 40.9 Å². The molecular formula is C10H17NO. The van der Waals surface area contributed by atoms with Gasteiger partial charge >= 0.3 is 0 Å². The van der Waals surface area contributed by atoms with Crippen LogP contribution in [0.5, 0.6) is 0 Å². The van der Waals surface area contributed by atoms with Gasteiger partial charge < -0.3 is 0 Å². The molecule has 2 unspecified atom stereocenters. The van der Waals surface area contributed by atoms with E-state index in [1.165, 1.54) is 0 Å². The van der Waals surface area contributed by atoms with Gasteiger partial charge in [-0.1, -0.05) is 27.7 Å². The summed E-state index contributed by atoms with van der Waals surface area (Å²) in [5.41, 5.74) is 0. The van der Waals surface area contributed by atoms with Gasteiger partial charge in [0.15, 0.2) is 5.78 Å². The molecule has 0 aliphatic rings. The number of carbonyl (C=O) groups is 1. The highest BCUT2D eigenvalue weighted by Gasteiger charge is 2.23. The molecular weight excluding hydrogens is 150 g/mol. The Kier molecular flexibility index (Phi) is 4.58. The minimum Gasteiger partial charge on any atom is -0.298 e. The Bertz CT molecular complexity index is 191. The maximum absolute atomic E-state index is 11.5. The number of hydrogen-bond donors (Lipinski definition) is 0. The second kappa shape index (κ2) is 4.92. The van der Waals surface area contributed by atoms with Crippen LogP contribution in [0.25, 0.3) is 0 Å². The van der Waals surface area contributed by atoms with Gasteiger partial charge in [0.25, 0.3) is 0 Å². The monoisotopic (exact) mass is 167 g/mol. The lowest BCUT2D eigenvalue weighted by molar-refractivity contribution is -0.125. The van der Waals surface area contributed by atoms with E-state index in [1.807, 2.05) is 33.8 Å². The summed E-state index contributed by atoms with van der Waals surface area (Å²) < 4.78 is 0. The smallest absolute Gasteiger partial charge is 0.153 e. The van der Waals surface area contributed by atoms with Crippen LogP contribution in [0, 0.1) is 29.1 Å². The minimum absolute atomic E-state index is 0.00889. The molecule has 0 heterocycles. The third-order valence-electron chi connectivity index (χ3n) is 2.36. The molecule has 2 heteroatoms. The SMILES string of the molecule is CCC(C#N)C(=O)C(C)C(C)C. The van der Waals surface area contributed by atoms with Gasteiger partial charge in [-0.3, -0.25) is 4.79 Å². The molecule has 0 bridgehead atoms. The summed E-state index contributed by atoms with van der Waals surface area (Å²) in [6.45, 7) is 7.78. The third-order valence-corrected chi connectivity index (χ3v) is 2.36. The normalized spacial score (nSPS) is 15.3. The van der Waals surface area contributed by atoms with Gasteiger partial charge in [0.1, 0.15) is 5.92 Å². The highest BCUT2D eigenvalue weighted by Crippen LogP contribution is 2.17. The van der Waals surface area contributed by atoms with Crippen LogP contribution in [0.15, 0.2) is 0 Å². The van der Waals surface area contributed by atoms with Crippen LogP contribution in [0.1, 0.15) is 34.1 Å². The molecule has 0 fully saturated rings. The first-order valence-corrected chi connectivity index (χ1v) is 4.47. The van der Waals surface area contributed by atoms with Gasteiger partial charge in [-0.05, 0) is 12.3 Å². The predicted molar refractivity (Wildman–Crippen MR) is 48.4 cm³/mol. The van der Waals surface area contributed by atoms with E-state index in [0.717, 1.165) is 0 Å². The fourth-order valence-corrected chi connectivity index (χ4v) is 1.00. The number of Topliss-reactive ketones (excluding diaryl/α,β-unsaturated/α-hetero) is 1. The first kappa shape index (κ1) is 11.2. The predicted octanol–water partition coefficient (Wildman–Crippen LogP) is 2.40. The van der Waals surface area contributed by atoms with E-state index in [1.54, 1.807) is 0 Å². The minimum atomic E-state index is -0.401. The molecule has 0 aliphatic carbocycles. The Morgan fingerprint density at radius 3 is 2.17 bits per heavy atom. The van der Waals surface area contributed by atoms with Crippen molar-refractivity contribution in [2.24, 2.45) is 17.8 Å². The van der Waals surface area contributed by atoms with Crippen LogP contribution in [0.2, 0.25) is 0 Å². The van der Waals surface area contributed by atoms with Crippen molar-refractivity contribution in [3.8, 4) is 6.07 Å². The molecule has 2 atom stereocenters. The van der Waals surface area contributed by atoms with E-state index in [2.05, 4.69) is 0 Å². The summed E-state index contributed by atoms with van der Waals surface area (Å²) in [5.74, 6) is 0.0342. The van der Waals surface area contributed by atoms with E-state index < -0.39 is 5.92 Å². The average molecular weight is 167 g/mol. The number of nitriles is 1. The second-order valence-electron chi connectivity index (χ2n) is 3.52. The Labute approximate surface area is 74.6 Å². The zero-order valence-electron chi connectivity index (χ0n) is 8.29. The van der Waals surface area contributed by atoms with Gasteiger partial charge in [0, 0.05) is 5.92 Å². The van der Waals surface area contributed by atoms with Crippen molar-refractivity contribution in [2.45, 2.75) is 34.1 Å². The van der Waals surface area contributed by atoms with Crippen LogP contribution in [-0.2, 0) is 4.79 Å². The fraction of sp³-hybridized carbons (Fsp3) is 0.800. The van der Waals surface area contributed by atoms with Gasteiger partial charge in [-0.15, -0.1) is 0 Å². The summed E-state index contributed by atoms with van der Waals surface area (Å²) >= 11 is 0. The number of hydrogen-bond acceptors (Lipinski definition) is 2. The Morgan fingerprint density at radius 1 is 1.42 bits per heavy atom. The molecule has 0 saturated carbocycles. The lowest BCUT2D eigenvalue weighted by atomic mass is 9.86. The van der Waals surface area contributed by atoms with E-state index in [0.29, 0.717) is 12.3 Å². The summed E-state index contributed by atoms with van der Waals surface area (Å²) in [7, 11) is 0. The first-order valence-electron chi connectivity index (χ1n) is 4.47. The lowest BCUT2D eigenvalue weighted by Crippen LogP contribution is -2.23. The zero-order chi connectivity index (χ0) is 9.72. The van der Waals surface area contributed by atoms with Crippen molar-refractivity contribution in [1.82, 2.24) is 0 Å². The van der Waals surface area contributed by atoms with E-state index >= 15 is 0 Å². The molecule has 0 rings (SSSR count). The largest absolute Gasteiger partial charge is 0.298 e. The second-order valence-corrected chi connectivity index (χ2v) is 3.52. The fourth-order valence-electron chi connectivity index (χ4n) is 1.00. The molecule has 0 N–H and O–H groups in total. The summed E-state index contributed by atoms with van der Waals surface area (Å²) in [6.07, 6.45) is 0.631. The van der Waals surface area contributed by atoms with Crippen molar-refractivity contribution >= 4 is 5.78 Å². The molecule has 68 valence electrons. The van der Waals surface area contributed by atoms with E-state index in [4.69, 9.17) is 5.26 Å². The zero-order valence-corrected chi connectivity index (χ0v) is 8.29. The molecule has 0 aromatic carbocycles. The van der Waals surface area contributed by atoms with Gasteiger partial charge in [0.05, 0.1) is 6.07 Å². The van der Waals surface area contributed by atoms with Crippen LogP contribution in [0.4, 0.5) is 0 Å². The summed E-state index contributed by atoms with van der Waals surface area (Å²) in [6, 6.07) is 2.04. The lowest BCUT2D eigenvalue weighted by Gasteiger charge is -2.16. The van der Waals surface area contributed by atoms with Crippen LogP contribution < -0.4 is 0 Å². The van der Waals surface area contributed by atoms with Crippen LogP contribution in [0.3, 0.4) is 0 Å². The number of ketones is 1. The molecule has 0 amide bonds. The number of nitrogens with zero attached hydrogens (tertiary/aromatic N) is 1. The molecule has 0 saturated heterocycles. The molecule has 0 aromatic rings. The average Bonchev–Trinajstić information content (AvgIpc) is 2.05. The Hall–Kier alpha value is -0.840. The third kappa shape index (κ3) is 2.65. The van der Waals surface area contributed by atoms with Crippen LogP contribution >= 0.6 is 0 Å². The first-order chi connectivity index (χ1) is 5.54. The van der Waals surface area contributed by atoms with Gasteiger partial charge in [0.2, 0.25) is 0 Å². The van der Waals surface area contributed by atoms with Crippen molar-refractivity contribution < 1.29 is 4.79 Å². The molecule has 0 spiro atoms. The van der Waals surface area contributed by atoms with Crippen molar-refractivity contribution in [2.75, 3.05) is 0 Å². The van der Waals surface area contributed by atoms with E-state index in [9.17, 15) is 4.79 Å². The number of rotatable bonds is 4. The van der Waals surface area contributed by atoms with Crippen molar-refractivity contribution in [1.29, 1.82) is 5.26 Å². The number of carbonyl (C=O) groups excluding carboxylic acids is 1. The molecule has 12 heavy (non-hydrogen) atoms. The van der Waals surface area contributed by atoms with Gasteiger partial charge in [-0.2, -0.15) is 5.26 Å². The maximum atomic E-state index is 11.5.